The van der Waals surface area contributed by atoms with Crippen LogP contribution in [-0.2, 0) is 10.5 Å². The van der Waals surface area contributed by atoms with Crippen LogP contribution in [0.1, 0.15) is 18.4 Å². The van der Waals surface area contributed by atoms with E-state index < -0.39 is 0 Å². The summed E-state index contributed by atoms with van der Waals surface area (Å²) < 4.78 is 0. The predicted octanol–water partition coefficient (Wildman–Crippen LogP) is 2.50. The van der Waals surface area contributed by atoms with Crippen LogP contribution in [0.25, 0.3) is 0 Å². The van der Waals surface area contributed by atoms with Gasteiger partial charge in [0.1, 0.15) is 0 Å². The molecule has 1 aromatic heterocycles. The fraction of sp³-hybridized carbons (Fsp3) is 0.389. The number of anilines is 1. The molecule has 2 heterocycles. The summed E-state index contributed by atoms with van der Waals surface area (Å²) in [5, 5.41) is 3.05. The normalized spacial score (nSPS) is 17.0. The summed E-state index contributed by atoms with van der Waals surface area (Å²) in [4.78, 5) is 22.9. The van der Waals surface area contributed by atoms with Gasteiger partial charge in [-0.3, -0.25) is 4.79 Å². The molecular formula is C18H22N4OS. The molecule has 24 heavy (non-hydrogen) atoms. The minimum Gasteiger partial charge on any atom is -0.353 e. The van der Waals surface area contributed by atoms with Crippen LogP contribution < -0.4 is 10.2 Å². The van der Waals surface area contributed by atoms with E-state index in [2.05, 4.69) is 32.3 Å². The van der Waals surface area contributed by atoms with E-state index in [0.29, 0.717) is 12.3 Å². The number of hydrogen-bond donors (Lipinski definition) is 1. The quantitative estimate of drug-likeness (QED) is 0.838. The zero-order chi connectivity index (χ0) is 16.6. The van der Waals surface area contributed by atoms with Crippen molar-refractivity contribution in [2.75, 3.05) is 23.7 Å². The second-order valence-electron chi connectivity index (χ2n) is 5.82. The molecule has 1 fully saturated rings. The largest absolute Gasteiger partial charge is 0.353 e. The maximum atomic E-state index is 12.1. The first kappa shape index (κ1) is 16.8. The standard InChI is InChI=1S/C18H22N4OS/c23-17(14-24-13-15-6-2-1-3-7-15)21-12-16-8-4-11-22(16)18-19-9-5-10-20-18/h1-3,5-7,9-10,16H,4,8,11-14H2,(H,21,23). The second kappa shape index (κ2) is 8.68. The number of hydrogen-bond acceptors (Lipinski definition) is 5. The van der Waals surface area contributed by atoms with Gasteiger partial charge in [-0.05, 0) is 24.5 Å². The zero-order valence-electron chi connectivity index (χ0n) is 13.6. The van der Waals surface area contributed by atoms with Gasteiger partial charge in [-0.1, -0.05) is 30.3 Å². The van der Waals surface area contributed by atoms with Gasteiger partial charge in [0.25, 0.3) is 0 Å². The average Bonchev–Trinajstić information content (AvgIpc) is 3.10. The Labute approximate surface area is 146 Å². The molecule has 6 heteroatoms. The van der Waals surface area contributed by atoms with Crippen LogP contribution in [0.2, 0.25) is 0 Å². The number of nitrogens with one attached hydrogen (secondary N) is 1. The first-order valence-corrected chi connectivity index (χ1v) is 9.40. The van der Waals surface area contributed by atoms with Gasteiger partial charge in [-0.15, -0.1) is 11.8 Å². The van der Waals surface area contributed by atoms with Crippen molar-refractivity contribution >= 4 is 23.6 Å². The van der Waals surface area contributed by atoms with Crippen molar-refractivity contribution in [2.45, 2.75) is 24.6 Å². The first-order chi connectivity index (χ1) is 11.8. The van der Waals surface area contributed by atoms with E-state index in [4.69, 9.17) is 0 Å². The smallest absolute Gasteiger partial charge is 0.230 e. The lowest BCUT2D eigenvalue weighted by molar-refractivity contribution is -0.118. The summed E-state index contributed by atoms with van der Waals surface area (Å²) in [5.41, 5.74) is 1.25. The Kier molecular flexibility index (Phi) is 6.07. The molecular weight excluding hydrogens is 320 g/mol. The first-order valence-electron chi connectivity index (χ1n) is 8.25. The maximum Gasteiger partial charge on any atom is 0.230 e. The summed E-state index contributed by atoms with van der Waals surface area (Å²) >= 11 is 1.64. The van der Waals surface area contributed by atoms with Gasteiger partial charge < -0.3 is 10.2 Å². The van der Waals surface area contributed by atoms with E-state index in [1.807, 2.05) is 24.3 Å². The maximum absolute atomic E-state index is 12.1. The van der Waals surface area contributed by atoms with Crippen LogP contribution in [0.3, 0.4) is 0 Å². The monoisotopic (exact) mass is 342 g/mol. The number of rotatable bonds is 7. The molecule has 1 atom stereocenters. The van der Waals surface area contributed by atoms with Crippen molar-refractivity contribution in [2.24, 2.45) is 0 Å². The van der Waals surface area contributed by atoms with E-state index in [0.717, 1.165) is 31.1 Å². The summed E-state index contributed by atoms with van der Waals surface area (Å²) in [6.45, 7) is 1.61. The summed E-state index contributed by atoms with van der Waals surface area (Å²) in [6.07, 6.45) is 5.70. The molecule has 1 unspecified atom stereocenters. The lowest BCUT2D eigenvalue weighted by Gasteiger charge is -2.24. The number of nitrogens with zero attached hydrogens (tertiary/aromatic N) is 3. The molecule has 0 aliphatic carbocycles. The third-order valence-electron chi connectivity index (χ3n) is 4.07. The Morgan fingerprint density at radius 1 is 1.21 bits per heavy atom. The molecule has 0 saturated carbocycles. The number of thioether (sulfide) groups is 1. The average molecular weight is 342 g/mol. The van der Waals surface area contributed by atoms with Crippen molar-refractivity contribution < 1.29 is 4.79 Å². The van der Waals surface area contributed by atoms with Crippen molar-refractivity contribution in [3.05, 3.63) is 54.4 Å². The van der Waals surface area contributed by atoms with E-state index in [-0.39, 0.29) is 11.9 Å². The second-order valence-corrected chi connectivity index (χ2v) is 6.81. The summed E-state index contributed by atoms with van der Waals surface area (Å²) in [7, 11) is 0. The van der Waals surface area contributed by atoms with Gasteiger partial charge in [0.2, 0.25) is 11.9 Å². The minimum absolute atomic E-state index is 0.0942. The van der Waals surface area contributed by atoms with Crippen LogP contribution in [-0.4, -0.2) is 40.8 Å². The van der Waals surface area contributed by atoms with Gasteiger partial charge in [-0.25, -0.2) is 9.97 Å². The SMILES string of the molecule is O=C(CSCc1ccccc1)NCC1CCCN1c1ncccn1. The fourth-order valence-electron chi connectivity index (χ4n) is 2.87. The van der Waals surface area contributed by atoms with Crippen molar-refractivity contribution in [1.82, 2.24) is 15.3 Å². The van der Waals surface area contributed by atoms with Crippen LogP contribution in [0.5, 0.6) is 0 Å². The molecule has 5 nitrogen and oxygen atoms in total. The molecule has 1 N–H and O–H groups in total. The number of carbonyl (C=O) groups is 1. The Hall–Kier alpha value is -2.08. The van der Waals surface area contributed by atoms with Gasteiger partial charge in [-0.2, -0.15) is 0 Å². The molecule has 1 saturated heterocycles. The van der Waals surface area contributed by atoms with Gasteiger partial charge in [0, 0.05) is 37.3 Å². The van der Waals surface area contributed by atoms with E-state index in [1.165, 1.54) is 5.56 Å². The van der Waals surface area contributed by atoms with Crippen molar-refractivity contribution in [3.8, 4) is 0 Å². The van der Waals surface area contributed by atoms with Crippen LogP contribution in [0, 0.1) is 0 Å². The lowest BCUT2D eigenvalue weighted by atomic mass is 10.2. The molecule has 126 valence electrons. The summed E-state index contributed by atoms with van der Waals surface area (Å²) in [6, 6.07) is 12.3. The Balaban J connectivity index is 1.41. The highest BCUT2D eigenvalue weighted by molar-refractivity contribution is 7.99. The molecule has 2 aromatic rings. The Bertz CT molecular complexity index is 638. The lowest BCUT2D eigenvalue weighted by Crippen LogP contribution is -2.41. The number of amides is 1. The van der Waals surface area contributed by atoms with Crippen LogP contribution in [0.15, 0.2) is 48.8 Å². The van der Waals surface area contributed by atoms with Crippen LogP contribution in [0.4, 0.5) is 5.95 Å². The zero-order valence-corrected chi connectivity index (χ0v) is 14.4. The molecule has 1 aliphatic rings. The van der Waals surface area contributed by atoms with Gasteiger partial charge in [0.15, 0.2) is 0 Å². The predicted molar refractivity (Wildman–Crippen MR) is 98.0 cm³/mol. The molecule has 1 aromatic carbocycles. The summed E-state index contributed by atoms with van der Waals surface area (Å²) in [5.74, 6) is 2.20. The van der Waals surface area contributed by atoms with E-state index in [1.54, 1.807) is 24.2 Å². The number of carbonyl (C=O) groups excluding carboxylic acids is 1. The van der Waals surface area contributed by atoms with Crippen molar-refractivity contribution in [1.29, 1.82) is 0 Å². The van der Waals surface area contributed by atoms with Gasteiger partial charge in [0.05, 0.1) is 5.75 Å². The molecule has 0 radical (unpaired) electrons. The molecule has 1 amide bonds. The third kappa shape index (κ3) is 4.71. The minimum atomic E-state index is 0.0942. The fourth-order valence-corrected chi connectivity index (χ4v) is 3.69. The molecule has 0 bridgehead atoms. The topological polar surface area (TPSA) is 58.1 Å². The molecule has 3 rings (SSSR count). The molecule has 1 aliphatic heterocycles. The molecule has 0 spiro atoms. The van der Waals surface area contributed by atoms with E-state index >= 15 is 0 Å². The van der Waals surface area contributed by atoms with Crippen LogP contribution >= 0.6 is 11.8 Å². The Morgan fingerprint density at radius 2 is 2.00 bits per heavy atom. The highest BCUT2D eigenvalue weighted by Crippen LogP contribution is 2.21. The highest BCUT2D eigenvalue weighted by Gasteiger charge is 2.26. The highest BCUT2D eigenvalue weighted by atomic mass is 32.2. The number of aromatic nitrogens is 2. The number of benzene rings is 1. The third-order valence-corrected chi connectivity index (χ3v) is 5.07. The Morgan fingerprint density at radius 3 is 2.79 bits per heavy atom. The van der Waals surface area contributed by atoms with Gasteiger partial charge >= 0.3 is 0 Å². The van der Waals surface area contributed by atoms with E-state index in [9.17, 15) is 4.79 Å². The van der Waals surface area contributed by atoms with Crippen molar-refractivity contribution in [3.63, 3.8) is 0 Å².